The Bertz CT molecular complexity index is 493. The second-order valence-corrected chi connectivity index (χ2v) is 5.46. The summed E-state index contributed by atoms with van der Waals surface area (Å²) in [6.07, 6.45) is 4.81. The summed E-state index contributed by atoms with van der Waals surface area (Å²) in [6.45, 7) is 5.18. The van der Waals surface area contributed by atoms with Crippen LogP contribution in [0.5, 0.6) is 5.75 Å². The fourth-order valence-electron chi connectivity index (χ4n) is 2.92. The molecule has 2 rings (SSSR count). The van der Waals surface area contributed by atoms with Crippen molar-refractivity contribution in [1.82, 2.24) is 5.32 Å². The average Bonchev–Trinajstić information content (AvgIpc) is 3.00. The Labute approximate surface area is 138 Å². The molecule has 0 bridgehead atoms. The molecule has 2 atom stereocenters. The van der Waals surface area contributed by atoms with Gasteiger partial charge >= 0.3 is 0 Å². The van der Waals surface area contributed by atoms with Crippen molar-refractivity contribution in [3.05, 3.63) is 42.5 Å². The Hall–Kier alpha value is -1.52. The number of para-hydroxylation sites is 1. The lowest BCUT2D eigenvalue weighted by atomic mass is 9.95. The number of carbonyl (C=O) groups excluding carboxylic acids is 1. The van der Waals surface area contributed by atoms with Crippen molar-refractivity contribution in [3.63, 3.8) is 0 Å². The number of benzene rings is 1. The van der Waals surface area contributed by atoms with Crippen molar-refractivity contribution >= 4 is 18.3 Å². The number of halogens is 1. The summed E-state index contributed by atoms with van der Waals surface area (Å²) in [4.78, 5) is 12.3. The van der Waals surface area contributed by atoms with Gasteiger partial charge in [0.1, 0.15) is 12.4 Å². The molecule has 0 spiro atoms. The van der Waals surface area contributed by atoms with Gasteiger partial charge in [0, 0.05) is 18.0 Å². The molecule has 1 aliphatic rings. The van der Waals surface area contributed by atoms with Gasteiger partial charge in [-0.2, -0.15) is 0 Å². The first-order valence-electron chi connectivity index (χ1n) is 7.55. The molecule has 3 N–H and O–H groups in total. The van der Waals surface area contributed by atoms with Crippen molar-refractivity contribution in [2.75, 3.05) is 13.2 Å². The third kappa shape index (κ3) is 4.75. The van der Waals surface area contributed by atoms with E-state index in [1.807, 2.05) is 24.3 Å². The van der Waals surface area contributed by atoms with Gasteiger partial charge in [0.15, 0.2) is 0 Å². The van der Waals surface area contributed by atoms with Crippen LogP contribution in [0.1, 0.15) is 24.8 Å². The third-order valence-electron chi connectivity index (χ3n) is 4.08. The van der Waals surface area contributed by atoms with Gasteiger partial charge in [0.2, 0.25) is 5.91 Å². The lowest BCUT2D eigenvalue weighted by molar-refractivity contribution is -0.126. The maximum absolute atomic E-state index is 12.3. The molecule has 1 fully saturated rings. The van der Waals surface area contributed by atoms with E-state index in [1.165, 1.54) is 0 Å². The molecule has 1 aromatic carbocycles. The molecule has 22 heavy (non-hydrogen) atoms. The zero-order valence-corrected chi connectivity index (χ0v) is 13.6. The number of nitrogens with one attached hydrogen (secondary N) is 1. The highest BCUT2D eigenvalue weighted by molar-refractivity contribution is 5.85. The molecule has 4 nitrogen and oxygen atoms in total. The van der Waals surface area contributed by atoms with Gasteiger partial charge in [0.05, 0.1) is 0 Å². The molecule has 0 radical (unpaired) electrons. The summed E-state index contributed by atoms with van der Waals surface area (Å²) in [6, 6.07) is 7.74. The smallest absolute Gasteiger partial charge is 0.223 e. The van der Waals surface area contributed by atoms with E-state index in [2.05, 4.69) is 11.9 Å². The lowest BCUT2D eigenvalue weighted by Gasteiger charge is -2.18. The topological polar surface area (TPSA) is 64.3 Å². The van der Waals surface area contributed by atoms with Crippen LogP contribution in [0.3, 0.4) is 0 Å². The summed E-state index contributed by atoms with van der Waals surface area (Å²) in [5, 5.41) is 3.02. The van der Waals surface area contributed by atoms with Crippen LogP contribution in [-0.2, 0) is 11.3 Å². The summed E-state index contributed by atoms with van der Waals surface area (Å²) in [7, 11) is 0. The molecule has 0 heterocycles. The molecule has 0 aromatic heterocycles. The summed E-state index contributed by atoms with van der Waals surface area (Å²) in [5.74, 6) is 1.30. The second-order valence-electron chi connectivity index (χ2n) is 5.46. The molecule has 1 aromatic rings. The van der Waals surface area contributed by atoms with E-state index in [4.69, 9.17) is 10.5 Å². The van der Waals surface area contributed by atoms with Crippen LogP contribution in [0.15, 0.2) is 36.9 Å². The number of hydrogen-bond donors (Lipinski definition) is 2. The first-order valence-corrected chi connectivity index (χ1v) is 7.55. The predicted octanol–water partition coefficient (Wildman–Crippen LogP) is 2.66. The van der Waals surface area contributed by atoms with Crippen molar-refractivity contribution in [1.29, 1.82) is 0 Å². The fraction of sp³-hybridized carbons (Fsp3) is 0.471. The highest BCUT2D eigenvalue weighted by atomic mass is 35.5. The number of rotatable bonds is 7. The van der Waals surface area contributed by atoms with Crippen LogP contribution in [0.4, 0.5) is 0 Å². The average molecular weight is 325 g/mol. The van der Waals surface area contributed by atoms with Gasteiger partial charge < -0.3 is 15.8 Å². The minimum atomic E-state index is 0. The Balaban J connectivity index is 0.00000242. The van der Waals surface area contributed by atoms with Crippen LogP contribution < -0.4 is 15.8 Å². The second kappa shape index (κ2) is 9.49. The van der Waals surface area contributed by atoms with E-state index < -0.39 is 0 Å². The van der Waals surface area contributed by atoms with Gasteiger partial charge in [-0.3, -0.25) is 4.79 Å². The van der Waals surface area contributed by atoms with Gasteiger partial charge in [-0.15, -0.1) is 12.4 Å². The van der Waals surface area contributed by atoms with E-state index in [1.54, 1.807) is 6.08 Å². The van der Waals surface area contributed by atoms with E-state index in [9.17, 15) is 4.79 Å². The van der Waals surface area contributed by atoms with E-state index in [0.29, 0.717) is 25.6 Å². The molecule has 0 saturated heterocycles. The van der Waals surface area contributed by atoms with Gasteiger partial charge in [-0.05, 0) is 31.4 Å². The Morgan fingerprint density at radius 3 is 2.91 bits per heavy atom. The fourth-order valence-corrected chi connectivity index (χ4v) is 2.92. The molecule has 1 aliphatic carbocycles. The van der Waals surface area contributed by atoms with Crippen LogP contribution in [0.2, 0.25) is 0 Å². The first-order chi connectivity index (χ1) is 10.3. The quantitative estimate of drug-likeness (QED) is 0.758. The monoisotopic (exact) mass is 324 g/mol. The van der Waals surface area contributed by atoms with Crippen LogP contribution >= 0.6 is 12.4 Å². The molecule has 122 valence electrons. The SMILES string of the molecule is C=CCOc1ccccc1CNC(=O)[C@@H]1CCC[C@@H]1CN.Cl. The maximum Gasteiger partial charge on any atom is 0.223 e. The van der Waals surface area contributed by atoms with E-state index in [-0.39, 0.29) is 24.2 Å². The zero-order valence-electron chi connectivity index (χ0n) is 12.8. The van der Waals surface area contributed by atoms with Gasteiger partial charge in [0.25, 0.3) is 0 Å². The highest BCUT2D eigenvalue weighted by Gasteiger charge is 2.31. The molecule has 1 amide bonds. The van der Waals surface area contributed by atoms with Crippen molar-refractivity contribution in [2.45, 2.75) is 25.8 Å². The van der Waals surface area contributed by atoms with Crippen LogP contribution in [-0.4, -0.2) is 19.1 Å². The van der Waals surface area contributed by atoms with Crippen molar-refractivity contribution < 1.29 is 9.53 Å². The molecule has 0 unspecified atom stereocenters. The van der Waals surface area contributed by atoms with Crippen LogP contribution in [0, 0.1) is 11.8 Å². The van der Waals surface area contributed by atoms with Gasteiger partial charge in [-0.25, -0.2) is 0 Å². The number of amides is 1. The Morgan fingerprint density at radius 2 is 2.18 bits per heavy atom. The first kappa shape index (κ1) is 18.5. The molecule has 0 aliphatic heterocycles. The number of hydrogen-bond acceptors (Lipinski definition) is 3. The summed E-state index contributed by atoms with van der Waals surface area (Å²) in [5.41, 5.74) is 6.72. The molecule has 1 saturated carbocycles. The van der Waals surface area contributed by atoms with Crippen molar-refractivity contribution in [2.24, 2.45) is 17.6 Å². The standard InChI is InChI=1S/C17H24N2O2.ClH/c1-2-10-21-16-9-4-3-6-14(16)12-19-17(20)15-8-5-7-13(15)11-18;/h2-4,6,9,13,15H,1,5,7-8,10-12,18H2,(H,19,20);1H/t13-,15-;/m1./s1. The largest absolute Gasteiger partial charge is 0.489 e. The zero-order chi connectivity index (χ0) is 15.1. The lowest BCUT2D eigenvalue weighted by Crippen LogP contribution is -2.34. The number of carbonyl (C=O) groups is 1. The Kier molecular flexibility index (Phi) is 7.99. The van der Waals surface area contributed by atoms with Crippen LogP contribution in [0.25, 0.3) is 0 Å². The normalized spacial score (nSPS) is 20.0. The number of ether oxygens (including phenoxy) is 1. The van der Waals surface area contributed by atoms with E-state index >= 15 is 0 Å². The number of nitrogens with two attached hydrogens (primary N) is 1. The maximum atomic E-state index is 12.3. The minimum Gasteiger partial charge on any atom is -0.489 e. The molecule has 5 heteroatoms. The molecular weight excluding hydrogens is 300 g/mol. The highest BCUT2D eigenvalue weighted by Crippen LogP contribution is 2.31. The molecular formula is C17H25ClN2O2. The Morgan fingerprint density at radius 1 is 1.41 bits per heavy atom. The summed E-state index contributed by atoms with van der Waals surface area (Å²) < 4.78 is 5.60. The van der Waals surface area contributed by atoms with Gasteiger partial charge in [-0.1, -0.05) is 37.3 Å². The predicted molar refractivity (Wildman–Crippen MR) is 91.1 cm³/mol. The third-order valence-corrected chi connectivity index (χ3v) is 4.08. The van der Waals surface area contributed by atoms with Crippen molar-refractivity contribution in [3.8, 4) is 5.75 Å². The summed E-state index contributed by atoms with van der Waals surface area (Å²) >= 11 is 0. The van der Waals surface area contributed by atoms with E-state index in [0.717, 1.165) is 30.6 Å². The minimum absolute atomic E-state index is 0.